The van der Waals surface area contributed by atoms with E-state index in [-0.39, 0.29) is 5.91 Å². The number of aryl methyl sites for hydroxylation is 1. The number of carbonyl (C=O) groups is 1. The number of hydrogen-bond donors (Lipinski definition) is 3. The van der Waals surface area contributed by atoms with E-state index in [1.54, 1.807) is 0 Å². The summed E-state index contributed by atoms with van der Waals surface area (Å²) in [5.41, 5.74) is 1.76. The third-order valence-electron chi connectivity index (χ3n) is 4.74. The van der Waals surface area contributed by atoms with Gasteiger partial charge in [0.2, 0.25) is 0 Å². The van der Waals surface area contributed by atoms with Gasteiger partial charge in [0.25, 0.3) is 5.91 Å². The molecule has 1 aromatic carbocycles. The molecule has 7 heteroatoms. The van der Waals surface area contributed by atoms with E-state index in [1.165, 1.54) is 0 Å². The summed E-state index contributed by atoms with van der Waals surface area (Å²) < 4.78 is 11.1. The largest absolute Gasteiger partial charge is 0.381 e. The van der Waals surface area contributed by atoms with Crippen LogP contribution < -0.4 is 16.0 Å². The zero-order chi connectivity index (χ0) is 20.7. The fourth-order valence-corrected chi connectivity index (χ4v) is 3.11. The highest BCUT2D eigenvalue weighted by atomic mass is 16.5. The number of nitrogens with one attached hydrogen (secondary N) is 3. The molecule has 0 aromatic heterocycles. The highest BCUT2D eigenvalue weighted by Crippen LogP contribution is 2.14. The number of aliphatic imine (C=N–C) groups is 1. The van der Waals surface area contributed by atoms with Crippen molar-refractivity contribution >= 4 is 11.9 Å². The lowest BCUT2D eigenvalue weighted by Crippen LogP contribution is -2.41. The maximum Gasteiger partial charge on any atom is 0.251 e. The molecule has 1 aliphatic heterocycles. The molecular formula is C22H36N4O3. The molecule has 162 valence electrons. The van der Waals surface area contributed by atoms with Crippen LogP contribution in [0.5, 0.6) is 0 Å². The van der Waals surface area contributed by atoms with E-state index in [2.05, 4.69) is 20.9 Å². The van der Waals surface area contributed by atoms with Crippen LogP contribution in [-0.4, -0.2) is 64.5 Å². The standard InChI is InChI=1S/C22H36N4O3/c1-3-23-22(25-10-5-13-29-17-19-8-14-28-15-9-19)26-12-11-24-21(27)20-7-4-6-18(2)16-20/h4,6-7,16,19H,3,5,8-15,17H2,1-2H3,(H,24,27)(H2,23,25,26). The van der Waals surface area contributed by atoms with Gasteiger partial charge in [-0.2, -0.15) is 0 Å². The summed E-state index contributed by atoms with van der Waals surface area (Å²) in [6, 6.07) is 7.59. The number of rotatable bonds is 11. The van der Waals surface area contributed by atoms with Crippen LogP contribution in [0, 0.1) is 12.8 Å². The van der Waals surface area contributed by atoms with Gasteiger partial charge in [-0.05, 0) is 51.2 Å². The summed E-state index contributed by atoms with van der Waals surface area (Å²) in [4.78, 5) is 16.7. The van der Waals surface area contributed by atoms with Crippen LogP contribution in [0.4, 0.5) is 0 Å². The molecule has 0 atom stereocenters. The summed E-state index contributed by atoms with van der Waals surface area (Å²) in [5.74, 6) is 1.35. The van der Waals surface area contributed by atoms with E-state index >= 15 is 0 Å². The molecule has 0 saturated carbocycles. The summed E-state index contributed by atoms with van der Waals surface area (Å²) in [6.07, 6.45) is 3.10. The average Bonchev–Trinajstić information content (AvgIpc) is 2.74. The van der Waals surface area contributed by atoms with Gasteiger partial charge in [0.15, 0.2) is 5.96 Å². The average molecular weight is 405 g/mol. The predicted octanol–water partition coefficient (Wildman–Crippen LogP) is 2.11. The molecule has 7 nitrogen and oxygen atoms in total. The maximum absolute atomic E-state index is 12.1. The van der Waals surface area contributed by atoms with Gasteiger partial charge >= 0.3 is 0 Å². The Morgan fingerprint density at radius 3 is 2.76 bits per heavy atom. The van der Waals surface area contributed by atoms with Crippen molar-refractivity contribution in [3.05, 3.63) is 35.4 Å². The lowest BCUT2D eigenvalue weighted by Gasteiger charge is -2.21. The molecular weight excluding hydrogens is 368 g/mol. The van der Waals surface area contributed by atoms with E-state index in [9.17, 15) is 4.79 Å². The number of guanidine groups is 1. The second-order valence-electron chi connectivity index (χ2n) is 7.30. The zero-order valence-electron chi connectivity index (χ0n) is 17.8. The molecule has 1 heterocycles. The van der Waals surface area contributed by atoms with Gasteiger partial charge in [-0.3, -0.25) is 9.79 Å². The normalized spacial score (nSPS) is 15.2. The lowest BCUT2D eigenvalue weighted by atomic mass is 10.0. The number of carbonyl (C=O) groups excluding carboxylic acids is 1. The molecule has 0 radical (unpaired) electrons. The molecule has 0 unspecified atom stereocenters. The molecule has 1 aromatic rings. The second-order valence-corrected chi connectivity index (χ2v) is 7.30. The van der Waals surface area contributed by atoms with E-state index in [4.69, 9.17) is 9.47 Å². The van der Waals surface area contributed by atoms with Crippen LogP contribution in [0.3, 0.4) is 0 Å². The van der Waals surface area contributed by atoms with Crippen molar-refractivity contribution in [3.8, 4) is 0 Å². The van der Waals surface area contributed by atoms with Crippen LogP contribution in [0.2, 0.25) is 0 Å². The molecule has 0 spiro atoms. The summed E-state index contributed by atoms with van der Waals surface area (Å²) in [5, 5.41) is 9.40. The molecule has 0 aliphatic carbocycles. The fourth-order valence-electron chi connectivity index (χ4n) is 3.11. The Kier molecular flexibility index (Phi) is 11.1. The Bertz CT molecular complexity index is 630. The van der Waals surface area contributed by atoms with Gasteiger partial charge in [0.05, 0.1) is 0 Å². The molecule has 3 N–H and O–H groups in total. The van der Waals surface area contributed by atoms with Crippen LogP contribution in [0.25, 0.3) is 0 Å². The molecule has 2 rings (SSSR count). The van der Waals surface area contributed by atoms with Gasteiger partial charge in [-0.25, -0.2) is 0 Å². The summed E-state index contributed by atoms with van der Waals surface area (Å²) >= 11 is 0. The first-order chi connectivity index (χ1) is 14.2. The SMILES string of the molecule is CCNC(=NCCCOCC1CCOCC1)NCCNC(=O)c1cccc(C)c1. The highest BCUT2D eigenvalue weighted by Gasteiger charge is 2.13. The third kappa shape index (κ3) is 9.76. The Morgan fingerprint density at radius 1 is 1.21 bits per heavy atom. The number of amides is 1. The van der Waals surface area contributed by atoms with E-state index in [0.717, 1.165) is 63.8 Å². The summed E-state index contributed by atoms with van der Waals surface area (Å²) in [7, 11) is 0. The Hall–Kier alpha value is -2.12. The van der Waals surface area contributed by atoms with Crippen molar-refractivity contribution in [1.82, 2.24) is 16.0 Å². The molecule has 29 heavy (non-hydrogen) atoms. The van der Waals surface area contributed by atoms with Crippen molar-refractivity contribution < 1.29 is 14.3 Å². The minimum Gasteiger partial charge on any atom is -0.381 e. The highest BCUT2D eigenvalue weighted by molar-refractivity contribution is 5.94. The van der Waals surface area contributed by atoms with Crippen LogP contribution in [-0.2, 0) is 9.47 Å². The topological polar surface area (TPSA) is 84.0 Å². The van der Waals surface area contributed by atoms with E-state index < -0.39 is 0 Å². The van der Waals surface area contributed by atoms with Crippen molar-refractivity contribution in [1.29, 1.82) is 0 Å². The summed E-state index contributed by atoms with van der Waals surface area (Å²) in [6.45, 7) is 9.94. The second kappa shape index (κ2) is 14.0. The number of hydrogen-bond acceptors (Lipinski definition) is 4. The van der Waals surface area contributed by atoms with Gasteiger partial charge in [-0.15, -0.1) is 0 Å². The molecule has 1 saturated heterocycles. The number of benzene rings is 1. The van der Waals surface area contributed by atoms with Gasteiger partial charge in [-0.1, -0.05) is 17.7 Å². The first kappa shape index (κ1) is 23.2. The molecule has 1 aliphatic rings. The molecule has 1 fully saturated rings. The monoisotopic (exact) mass is 404 g/mol. The van der Waals surface area contributed by atoms with Crippen molar-refractivity contribution in [2.75, 3.05) is 52.6 Å². The van der Waals surface area contributed by atoms with Crippen molar-refractivity contribution in [3.63, 3.8) is 0 Å². The van der Waals surface area contributed by atoms with Crippen molar-refractivity contribution in [2.24, 2.45) is 10.9 Å². The van der Waals surface area contributed by atoms with Gasteiger partial charge < -0.3 is 25.4 Å². The first-order valence-corrected chi connectivity index (χ1v) is 10.7. The minimum atomic E-state index is -0.0564. The smallest absolute Gasteiger partial charge is 0.251 e. The van der Waals surface area contributed by atoms with Crippen LogP contribution >= 0.6 is 0 Å². The van der Waals surface area contributed by atoms with E-state index in [1.807, 2.05) is 38.1 Å². The third-order valence-corrected chi connectivity index (χ3v) is 4.74. The zero-order valence-corrected chi connectivity index (χ0v) is 17.8. The predicted molar refractivity (Wildman–Crippen MR) is 116 cm³/mol. The Morgan fingerprint density at radius 2 is 2.00 bits per heavy atom. The van der Waals surface area contributed by atoms with E-state index in [0.29, 0.717) is 31.1 Å². The number of nitrogens with zero attached hydrogens (tertiary/aromatic N) is 1. The first-order valence-electron chi connectivity index (χ1n) is 10.7. The van der Waals surface area contributed by atoms with Crippen LogP contribution in [0.1, 0.15) is 42.1 Å². The molecule has 0 bridgehead atoms. The maximum atomic E-state index is 12.1. The minimum absolute atomic E-state index is 0.0564. The van der Waals surface area contributed by atoms with Gasteiger partial charge in [0.1, 0.15) is 0 Å². The van der Waals surface area contributed by atoms with Crippen molar-refractivity contribution in [2.45, 2.75) is 33.1 Å². The fraction of sp³-hybridized carbons (Fsp3) is 0.636. The number of ether oxygens (including phenoxy) is 2. The Labute approximate surface area is 174 Å². The Balaban J connectivity index is 1.58. The van der Waals surface area contributed by atoms with Gasteiger partial charge in [0, 0.05) is 58.2 Å². The lowest BCUT2D eigenvalue weighted by molar-refractivity contribution is 0.0205. The molecule has 1 amide bonds. The van der Waals surface area contributed by atoms with Crippen LogP contribution in [0.15, 0.2) is 29.3 Å². The quantitative estimate of drug-likeness (QED) is 0.299.